The maximum absolute atomic E-state index is 11.4. The van der Waals surface area contributed by atoms with Crippen LogP contribution in [0.1, 0.15) is 34.6 Å². The molecular weight excluding hydrogens is 198 g/mol. The Hall–Kier alpha value is -1.10. The minimum Gasteiger partial charge on any atom is -0.481 e. The molecule has 15 heavy (non-hydrogen) atoms. The molecule has 0 aliphatic rings. The number of carboxylic acid groups (broad SMARTS) is 1. The molecule has 2 N–H and O–H groups in total. The van der Waals surface area contributed by atoms with Gasteiger partial charge < -0.3 is 5.11 Å². The fourth-order valence-electron chi connectivity index (χ4n) is 0.737. The molecular formula is C10H19NO4. The van der Waals surface area contributed by atoms with Crippen LogP contribution in [0.25, 0.3) is 0 Å². The first-order valence-electron chi connectivity index (χ1n) is 4.86. The monoisotopic (exact) mass is 217 g/mol. The van der Waals surface area contributed by atoms with Crippen molar-refractivity contribution in [3.8, 4) is 0 Å². The van der Waals surface area contributed by atoms with Crippen LogP contribution in [0.4, 0.5) is 0 Å². The van der Waals surface area contributed by atoms with Crippen molar-refractivity contribution >= 4 is 11.9 Å². The molecule has 0 aromatic heterocycles. The second-order valence-corrected chi connectivity index (χ2v) is 4.60. The van der Waals surface area contributed by atoms with E-state index in [4.69, 9.17) is 9.94 Å². The molecule has 0 saturated carbocycles. The van der Waals surface area contributed by atoms with E-state index < -0.39 is 29.3 Å². The lowest BCUT2D eigenvalue weighted by molar-refractivity contribution is -0.156. The second-order valence-electron chi connectivity index (χ2n) is 4.60. The molecule has 0 heterocycles. The highest BCUT2D eigenvalue weighted by atomic mass is 16.7. The Balaban J connectivity index is 4.17. The fraction of sp³-hybridized carbons (Fsp3) is 0.800. The van der Waals surface area contributed by atoms with Gasteiger partial charge in [0.05, 0.1) is 17.4 Å². The van der Waals surface area contributed by atoms with Gasteiger partial charge in [-0.25, -0.2) is 5.48 Å². The van der Waals surface area contributed by atoms with Crippen molar-refractivity contribution in [1.82, 2.24) is 5.48 Å². The van der Waals surface area contributed by atoms with Crippen LogP contribution >= 0.6 is 0 Å². The van der Waals surface area contributed by atoms with Crippen LogP contribution in [0, 0.1) is 11.8 Å². The normalized spacial score (nSPS) is 15.5. The second kappa shape index (κ2) is 5.11. The summed E-state index contributed by atoms with van der Waals surface area (Å²) in [5.74, 6) is -2.76. The summed E-state index contributed by atoms with van der Waals surface area (Å²) >= 11 is 0. The van der Waals surface area contributed by atoms with Gasteiger partial charge in [-0.2, -0.15) is 0 Å². The van der Waals surface area contributed by atoms with Crippen LogP contribution in [-0.4, -0.2) is 22.6 Å². The highest BCUT2D eigenvalue weighted by Gasteiger charge is 2.26. The third-order valence-corrected chi connectivity index (χ3v) is 2.01. The molecule has 2 unspecified atom stereocenters. The summed E-state index contributed by atoms with van der Waals surface area (Å²) in [6.07, 6.45) is 0. The predicted octanol–water partition coefficient (Wildman–Crippen LogP) is 1.19. The van der Waals surface area contributed by atoms with Gasteiger partial charge in [-0.1, -0.05) is 13.8 Å². The molecule has 2 atom stereocenters. The van der Waals surface area contributed by atoms with Gasteiger partial charge in [0, 0.05) is 0 Å². The van der Waals surface area contributed by atoms with Gasteiger partial charge in [0.25, 0.3) is 0 Å². The Kier molecular flexibility index (Phi) is 4.74. The van der Waals surface area contributed by atoms with Crippen LogP contribution in [0.5, 0.6) is 0 Å². The van der Waals surface area contributed by atoms with E-state index in [9.17, 15) is 9.59 Å². The van der Waals surface area contributed by atoms with E-state index in [0.29, 0.717) is 0 Å². The van der Waals surface area contributed by atoms with Gasteiger partial charge >= 0.3 is 5.97 Å². The van der Waals surface area contributed by atoms with E-state index in [1.54, 1.807) is 27.7 Å². The molecule has 0 aromatic carbocycles. The average Bonchev–Trinajstić information content (AvgIpc) is 2.10. The van der Waals surface area contributed by atoms with E-state index >= 15 is 0 Å². The third kappa shape index (κ3) is 5.37. The summed E-state index contributed by atoms with van der Waals surface area (Å²) in [7, 11) is 0. The summed E-state index contributed by atoms with van der Waals surface area (Å²) in [6, 6.07) is 0. The minimum atomic E-state index is -0.992. The number of aliphatic carboxylic acids is 1. The lowest BCUT2D eigenvalue weighted by atomic mass is 9.96. The van der Waals surface area contributed by atoms with Gasteiger partial charge in [-0.15, -0.1) is 0 Å². The van der Waals surface area contributed by atoms with Gasteiger partial charge in [0.15, 0.2) is 0 Å². The van der Waals surface area contributed by atoms with Crippen molar-refractivity contribution < 1.29 is 19.5 Å². The van der Waals surface area contributed by atoms with Crippen molar-refractivity contribution in [3.05, 3.63) is 0 Å². The van der Waals surface area contributed by atoms with Crippen molar-refractivity contribution in [2.75, 3.05) is 0 Å². The van der Waals surface area contributed by atoms with E-state index in [1.807, 2.05) is 0 Å². The molecule has 0 rings (SSSR count). The smallest absolute Gasteiger partial charge is 0.307 e. The van der Waals surface area contributed by atoms with Gasteiger partial charge in [0.1, 0.15) is 0 Å². The lowest BCUT2D eigenvalue weighted by Gasteiger charge is -2.21. The number of carbonyl (C=O) groups is 2. The Bertz CT molecular complexity index is 244. The Morgan fingerprint density at radius 2 is 1.67 bits per heavy atom. The maximum Gasteiger partial charge on any atom is 0.307 e. The molecule has 0 aliphatic heterocycles. The van der Waals surface area contributed by atoms with Gasteiger partial charge in [-0.3, -0.25) is 14.4 Å². The SMILES string of the molecule is CC(C(=O)O)C(C)C(=O)NOC(C)(C)C. The number of hydrogen-bond acceptors (Lipinski definition) is 3. The molecule has 0 radical (unpaired) electrons. The standard InChI is InChI=1S/C10H19NO4/c1-6(7(2)9(13)14)8(12)11-15-10(3,4)5/h6-7H,1-5H3,(H,11,12)(H,13,14). The van der Waals surface area contributed by atoms with Crippen LogP contribution < -0.4 is 5.48 Å². The summed E-state index contributed by atoms with van der Waals surface area (Å²) in [5.41, 5.74) is 1.77. The van der Waals surface area contributed by atoms with Gasteiger partial charge in [0.2, 0.25) is 5.91 Å². The minimum absolute atomic E-state index is 0.417. The van der Waals surface area contributed by atoms with Crippen molar-refractivity contribution in [2.24, 2.45) is 11.8 Å². The zero-order chi connectivity index (χ0) is 12.2. The van der Waals surface area contributed by atoms with Crippen molar-refractivity contribution in [3.63, 3.8) is 0 Å². The molecule has 0 bridgehead atoms. The number of rotatable bonds is 4. The Morgan fingerprint density at radius 3 is 2.00 bits per heavy atom. The number of hydrogen-bond donors (Lipinski definition) is 2. The maximum atomic E-state index is 11.4. The first kappa shape index (κ1) is 13.9. The highest BCUT2D eigenvalue weighted by Crippen LogP contribution is 2.12. The molecule has 88 valence electrons. The topological polar surface area (TPSA) is 75.6 Å². The largest absolute Gasteiger partial charge is 0.481 e. The Morgan fingerprint density at radius 1 is 1.20 bits per heavy atom. The van der Waals surface area contributed by atoms with Crippen LogP contribution in [0.15, 0.2) is 0 Å². The van der Waals surface area contributed by atoms with E-state index in [-0.39, 0.29) is 0 Å². The zero-order valence-corrected chi connectivity index (χ0v) is 9.83. The summed E-state index contributed by atoms with van der Waals surface area (Å²) < 4.78 is 0. The third-order valence-electron chi connectivity index (χ3n) is 2.01. The highest BCUT2D eigenvalue weighted by molar-refractivity contribution is 5.83. The van der Waals surface area contributed by atoms with Crippen molar-refractivity contribution in [2.45, 2.75) is 40.2 Å². The molecule has 1 amide bonds. The van der Waals surface area contributed by atoms with E-state index in [1.165, 1.54) is 6.92 Å². The zero-order valence-electron chi connectivity index (χ0n) is 9.83. The van der Waals surface area contributed by atoms with Crippen LogP contribution in [0.2, 0.25) is 0 Å². The number of carbonyl (C=O) groups excluding carboxylic acids is 1. The molecule has 0 aromatic rings. The first-order chi connectivity index (χ1) is 6.65. The fourth-order valence-corrected chi connectivity index (χ4v) is 0.737. The quantitative estimate of drug-likeness (QED) is 0.693. The number of hydroxylamine groups is 1. The molecule has 0 spiro atoms. The number of nitrogens with one attached hydrogen (secondary N) is 1. The molecule has 5 nitrogen and oxygen atoms in total. The van der Waals surface area contributed by atoms with Crippen LogP contribution in [-0.2, 0) is 14.4 Å². The van der Waals surface area contributed by atoms with Gasteiger partial charge in [-0.05, 0) is 20.8 Å². The van der Waals surface area contributed by atoms with Crippen LogP contribution in [0.3, 0.4) is 0 Å². The summed E-state index contributed by atoms with van der Waals surface area (Å²) in [4.78, 5) is 27.1. The van der Waals surface area contributed by atoms with Crippen molar-refractivity contribution in [1.29, 1.82) is 0 Å². The predicted molar refractivity (Wildman–Crippen MR) is 54.9 cm³/mol. The lowest BCUT2D eigenvalue weighted by Crippen LogP contribution is -2.39. The summed E-state index contributed by atoms with van der Waals surface area (Å²) in [5, 5.41) is 8.71. The van der Waals surface area contributed by atoms with E-state index in [0.717, 1.165) is 0 Å². The number of amides is 1. The van der Waals surface area contributed by atoms with E-state index in [2.05, 4.69) is 5.48 Å². The number of carboxylic acids is 1. The first-order valence-corrected chi connectivity index (χ1v) is 4.86. The molecule has 0 fully saturated rings. The molecule has 0 saturated heterocycles. The Labute approximate surface area is 89.8 Å². The molecule has 0 aliphatic carbocycles. The average molecular weight is 217 g/mol. The molecule has 5 heteroatoms. The summed E-state index contributed by atoms with van der Waals surface area (Å²) in [6.45, 7) is 8.42.